The highest BCUT2D eigenvalue weighted by atomic mass is 16.3. The number of aromatic nitrogens is 1. The van der Waals surface area contributed by atoms with Gasteiger partial charge in [-0.15, -0.1) is 0 Å². The number of benzene rings is 1. The Morgan fingerprint density at radius 1 is 1.22 bits per heavy atom. The molecule has 1 aromatic heterocycles. The molecule has 1 atom stereocenters. The minimum Gasteiger partial charge on any atom is -0.423 e. The summed E-state index contributed by atoms with van der Waals surface area (Å²) >= 11 is 0. The van der Waals surface area contributed by atoms with Gasteiger partial charge in [0.1, 0.15) is 0 Å². The highest BCUT2D eigenvalue weighted by Gasteiger charge is 2.15. The van der Waals surface area contributed by atoms with E-state index in [1.807, 2.05) is 19.1 Å². The van der Waals surface area contributed by atoms with Crippen LogP contribution in [0.4, 0.5) is 5.69 Å². The fourth-order valence-electron chi connectivity index (χ4n) is 3.25. The molecule has 0 radical (unpaired) electrons. The lowest BCUT2D eigenvalue weighted by atomic mass is 9.92. The molecule has 146 valence electrons. The zero-order valence-corrected chi connectivity index (χ0v) is 17.0. The van der Waals surface area contributed by atoms with E-state index in [2.05, 4.69) is 43.5 Å². The molecule has 1 aliphatic rings. The normalized spacial score (nSPS) is 16.6. The van der Waals surface area contributed by atoms with E-state index in [1.165, 1.54) is 17.3 Å². The SMILES string of the molecule is CCC(C)N=c1o/c(=C/c2ccc(N(N)CC)cc2)c(=C2CCC2)n1CC. The van der Waals surface area contributed by atoms with E-state index in [-0.39, 0.29) is 6.04 Å². The minimum absolute atomic E-state index is 0.255. The Balaban J connectivity index is 2.15. The summed E-state index contributed by atoms with van der Waals surface area (Å²) in [4.78, 5) is 4.80. The molecule has 3 rings (SSSR count). The van der Waals surface area contributed by atoms with Gasteiger partial charge in [0.2, 0.25) is 0 Å². The van der Waals surface area contributed by atoms with Gasteiger partial charge in [-0.3, -0.25) is 4.57 Å². The Kier molecular flexibility index (Phi) is 6.22. The van der Waals surface area contributed by atoms with Crippen molar-refractivity contribution in [2.75, 3.05) is 11.6 Å². The van der Waals surface area contributed by atoms with Crippen LogP contribution < -0.4 is 27.3 Å². The lowest BCUT2D eigenvalue weighted by Crippen LogP contribution is -2.36. The first-order chi connectivity index (χ1) is 13.1. The van der Waals surface area contributed by atoms with Gasteiger partial charge < -0.3 is 9.43 Å². The van der Waals surface area contributed by atoms with E-state index in [4.69, 9.17) is 15.3 Å². The summed E-state index contributed by atoms with van der Waals surface area (Å²) in [6.07, 6.45) is 6.70. The first-order valence-corrected chi connectivity index (χ1v) is 10.2. The average Bonchev–Trinajstić information content (AvgIpc) is 2.96. The number of hydrazine groups is 1. The van der Waals surface area contributed by atoms with Gasteiger partial charge >= 0.3 is 0 Å². The smallest absolute Gasteiger partial charge is 0.297 e. The van der Waals surface area contributed by atoms with Crippen LogP contribution in [0.2, 0.25) is 0 Å². The van der Waals surface area contributed by atoms with Crippen LogP contribution in [0.1, 0.15) is 58.9 Å². The third kappa shape index (κ3) is 4.19. The second kappa shape index (κ2) is 8.61. The molecule has 1 fully saturated rings. The van der Waals surface area contributed by atoms with E-state index in [1.54, 1.807) is 5.01 Å². The van der Waals surface area contributed by atoms with Crippen molar-refractivity contribution in [1.82, 2.24) is 4.57 Å². The Bertz CT molecular complexity index is 944. The van der Waals surface area contributed by atoms with Crippen molar-refractivity contribution in [3.63, 3.8) is 0 Å². The number of oxazole rings is 1. The highest BCUT2D eigenvalue weighted by Crippen LogP contribution is 2.24. The summed E-state index contributed by atoms with van der Waals surface area (Å²) < 4.78 is 8.49. The van der Waals surface area contributed by atoms with Crippen molar-refractivity contribution in [3.8, 4) is 0 Å². The van der Waals surface area contributed by atoms with Crippen molar-refractivity contribution in [2.45, 2.75) is 66.0 Å². The van der Waals surface area contributed by atoms with Crippen LogP contribution in [0, 0.1) is 0 Å². The zero-order chi connectivity index (χ0) is 19.4. The van der Waals surface area contributed by atoms with Crippen LogP contribution in [0.5, 0.6) is 0 Å². The molecule has 0 spiro atoms. The standard InChI is InChI=1S/C22H32N4O/c1-5-16(4)24-22-25(6-2)21(18-9-8-10-18)20(27-22)15-17-11-13-19(14-12-17)26(23)7-3/h11-16H,5-10,23H2,1-4H3/b20-15+,24-22?. The monoisotopic (exact) mass is 368 g/mol. The Hall–Kier alpha value is -2.27. The fraction of sp³-hybridized carbons (Fsp3) is 0.500. The molecular weight excluding hydrogens is 336 g/mol. The molecule has 1 saturated carbocycles. The second-order valence-corrected chi connectivity index (χ2v) is 7.21. The molecule has 1 heterocycles. The quantitative estimate of drug-likeness (QED) is 0.630. The fourth-order valence-corrected chi connectivity index (χ4v) is 3.25. The summed E-state index contributed by atoms with van der Waals surface area (Å²) in [5.41, 5.74) is 5.26. The van der Waals surface area contributed by atoms with Crippen molar-refractivity contribution in [1.29, 1.82) is 0 Å². The summed E-state index contributed by atoms with van der Waals surface area (Å²) in [7, 11) is 0. The van der Waals surface area contributed by atoms with Crippen molar-refractivity contribution >= 4 is 17.3 Å². The van der Waals surface area contributed by atoms with Gasteiger partial charge in [-0.1, -0.05) is 19.1 Å². The molecule has 0 saturated heterocycles. The average molecular weight is 369 g/mol. The van der Waals surface area contributed by atoms with E-state index < -0.39 is 0 Å². The van der Waals surface area contributed by atoms with E-state index in [9.17, 15) is 0 Å². The molecule has 2 N–H and O–H groups in total. The predicted molar refractivity (Wildman–Crippen MR) is 111 cm³/mol. The summed E-state index contributed by atoms with van der Waals surface area (Å²) in [6, 6.07) is 8.53. The maximum absolute atomic E-state index is 6.25. The van der Waals surface area contributed by atoms with E-state index in [0.29, 0.717) is 0 Å². The van der Waals surface area contributed by atoms with Gasteiger partial charge in [0.15, 0.2) is 5.42 Å². The molecule has 0 amide bonds. The second-order valence-electron chi connectivity index (χ2n) is 7.21. The topological polar surface area (TPSA) is 59.7 Å². The first-order valence-electron chi connectivity index (χ1n) is 10.2. The van der Waals surface area contributed by atoms with Gasteiger partial charge in [0, 0.05) is 13.1 Å². The first kappa shape index (κ1) is 19.5. The minimum atomic E-state index is 0.255. The summed E-state index contributed by atoms with van der Waals surface area (Å²) in [5.74, 6) is 5.97. The maximum Gasteiger partial charge on any atom is 0.297 e. The van der Waals surface area contributed by atoms with Crippen molar-refractivity contribution < 1.29 is 4.42 Å². The van der Waals surface area contributed by atoms with Crippen LogP contribution >= 0.6 is 0 Å². The summed E-state index contributed by atoms with van der Waals surface area (Å²) in [5, 5.41) is 2.96. The molecule has 27 heavy (non-hydrogen) atoms. The lowest BCUT2D eigenvalue weighted by Gasteiger charge is -2.16. The van der Waals surface area contributed by atoms with Gasteiger partial charge in [0.25, 0.3) is 5.68 Å². The molecule has 2 aromatic rings. The third-order valence-corrected chi connectivity index (χ3v) is 5.33. The Morgan fingerprint density at radius 3 is 2.44 bits per heavy atom. The molecule has 5 nitrogen and oxygen atoms in total. The number of hydrogen-bond donors (Lipinski definition) is 1. The third-order valence-electron chi connectivity index (χ3n) is 5.33. The van der Waals surface area contributed by atoms with E-state index in [0.717, 1.165) is 54.7 Å². The van der Waals surface area contributed by atoms with Crippen molar-refractivity contribution in [3.05, 3.63) is 46.3 Å². The lowest BCUT2D eigenvalue weighted by molar-refractivity contribution is 0.428. The Labute approximate surface area is 161 Å². The van der Waals surface area contributed by atoms with Gasteiger partial charge in [-0.05, 0) is 75.8 Å². The van der Waals surface area contributed by atoms with Crippen LogP contribution in [-0.2, 0) is 6.54 Å². The van der Waals surface area contributed by atoms with E-state index >= 15 is 0 Å². The van der Waals surface area contributed by atoms with Crippen LogP contribution in [0.25, 0.3) is 11.6 Å². The van der Waals surface area contributed by atoms with Gasteiger partial charge in [-0.2, -0.15) is 0 Å². The summed E-state index contributed by atoms with van der Waals surface area (Å²) in [6.45, 7) is 10.1. The number of nitrogens with zero attached hydrogens (tertiary/aromatic N) is 3. The molecule has 5 heteroatoms. The zero-order valence-electron chi connectivity index (χ0n) is 17.0. The molecule has 0 aliphatic heterocycles. The Morgan fingerprint density at radius 2 is 1.93 bits per heavy atom. The number of hydrogen-bond acceptors (Lipinski definition) is 4. The van der Waals surface area contributed by atoms with Gasteiger partial charge in [-0.25, -0.2) is 10.8 Å². The highest BCUT2D eigenvalue weighted by molar-refractivity contribution is 5.56. The number of anilines is 1. The predicted octanol–water partition coefficient (Wildman–Crippen LogP) is 2.66. The van der Waals surface area contributed by atoms with Crippen LogP contribution in [0.3, 0.4) is 0 Å². The van der Waals surface area contributed by atoms with Crippen LogP contribution in [0.15, 0.2) is 33.7 Å². The largest absolute Gasteiger partial charge is 0.423 e. The molecule has 1 unspecified atom stereocenters. The molecular formula is C22H32N4O. The molecule has 0 bridgehead atoms. The molecule has 1 aliphatic carbocycles. The van der Waals surface area contributed by atoms with Crippen molar-refractivity contribution in [2.24, 2.45) is 10.8 Å². The number of nitrogens with two attached hydrogens (primary N) is 1. The van der Waals surface area contributed by atoms with Crippen LogP contribution in [-0.4, -0.2) is 17.2 Å². The maximum atomic E-state index is 6.25. The molecule has 1 aromatic carbocycles. The number of rotatable bonds is 6. The van der Waals surface area contributed by atoms with Gasteiger partial charge in [0.05, 0.1) is 17.1 Å².